The van der Waals surface area contributed by atoms with E-state index in [1.54, 1.807) is 0 Å². The van der Waals surface area contributed by atoms with E-state index in [0.717, 1.165) is 17.0 Å². The summed E-state index contributed by atoms with van der Waals surface area (Å²) in [5.41, 5.74) is 7.10. The molecule has 84 valence electrons. The second-order valence-electron chi connectivity index (χ2n) is 4.42. The van der Waals surface area contributed by atoms with E-state index in [0.29, 0.717) is 0 Å². The van der Waals surface area contributed by atoms with Gasteiger partial charge in [-0.15, -0.1) is 0 Å². The van der Waals surface area contributed by atoms with Crippen LogP contribution in [-0.4, -0.2) is 5.16 Å². The summed E-state index contributed by atoms with van der Waals surface area (Å²) in [5, 5.41) is 4.03. The Morgan fingerprint density at radius 2 is 1.50 bits per heavy atom. The van der Waals surface area contributed by atoms with Crippen molar-refractivity contribution in [3.63, 3.8) is 0 Å². The highest BCUT2D eigenvalue weighted by Crippen LogP contribution is 2.32. The number of nitrogens with zero attached hydrogens (tertiary/aromatic N) is 1. The number of hydrogen-bond donors (Lipinski definition) is 0. The van der Waals surface area contributed by atoms with Gasteiger partial charge in [0.25, 0.3) is 0 Å². The molecule has 1 aromatic heterocycles. The first-order valence-electron chi connectivity index (χ1n) is 5.52. The van der Waals surface area contributed by atoms with E-state index in [-0.39, 0.29) is 0 Å². The van der Waals surface area contributed by atoms with E-state index in [4.69, 9.17) is 4.52 Å². The number of aromatic nitrogens is 1. The van der Waals surface area contributed by atoms with Crippen molar-refractivity contribution in [1.29, 1.82) is 0 Å². The van der Waals surface area contributed by atoms with Gasteiger partial charge in [0.15, 0.2) is 5.76 Å². The molecule has 0 spiro atoms. The fourth-order valence-electron chi connectivity index (χ4n) is 1.95. The zero-order valence-electron chi connectivity index (χ0n) is 10.5. The highest BCUT2D eigenvalue weighted by Gasteiger charge is 2.16. The van der Waals surface area contributed by atoms with Crippen LogP contribution in [0, 0.1) is 34.6 Å². The van der Waals surface area contributed by atoms with Gasteiger partial charge in [0.2, 0.25) is 0 Å². The maximum absolute atomic E-state index is 5.45. The predicted octanol–water partition coefficient (Wildman–Crippen LogP) is 3.88. The molecule has 0 aliphatic rings. The average molecular weight is 215 g/mol. The number of rotatable bonds is 1. The molecule has 0 amide bonds. The third kappa shape index (κ3) is 1.54. The standard InChI is InChI=1S/C14H17NO/c1-8-6-7-9(2)13(10(8)3)14-11(4)12(5)15-16-14/h6-7H,1-5H3. The molecule has 0 fully saturated rings. The van der Waals surface area contributed by atoms with Gasteiger partial charge in [-0.3, -0.25) is 0 Å². The fourth-order valence-corrected chi connectivity index (χ4v) is 1.95. The van der Waals surface area contributed by atoms with Crippen molar-refractivity contribution >= 4 is 0 Å². The summed E-state index contributed by atoms with van der Waals surface area (Å²) >= 11 is 0. The molecule has 1 heterocycles. The van der Waals surface area contributed by atoms with E-state index in [2.05, 4.69) is 45.0 Å². The molecule has 0 saturated heterocycles. The number of benzene rings is 1. The van der Waals surface area contributed by atoms with Gasteiger partial charge < -0.3 is 4.52 Å². The van der Waals surface area contributed by atoms with Gasteiger partial charge in [-0.2, -0.15) is 0 Å². The SMILES string of the molecule is Cc1ccc(C)c(-c2onc(C)c2C)c1C. The molecule has 0 bridgehead atoms. The number of aryl methyl sites for hydroxylation is 3. The molecule has 2 nitrogen and oxygen atoms in total. The molecule has 0 N–H and O–H groups in total. The maximum Gasteiger partial charge on any atom is 0.170 e. The molecule has 0 aliphatic heterocycles. The molecule has 16 heavy (non-hydrogen) atoms. The van der Waals surface area contributed by atoms with E-state index in [9.17, 15) is 0 Å². The Labute approximate surface area is 96.3 Å². The van der Waals surface area contributed by atoms with Crippen LogP contribution in [0.5, 0.6) is 0 Å². The summed E-state index contributed by atoms with van der Waals surface area (Å²) in [6.07, 6.45) is 0. The molecular weight excluding hydrogens is 198 g/mol. The minimum atomic E-state index is 0.913. The van der Waals surface area contributed by atoms with Crippen LogP contribution in [0.4, 0.5) is 0 Å². The molecule has 0 unspecified atom stereocenters. The normalized spacial score (nSPS) is 10.8. The molecule has 2 aromatic rings. The van der Waals surface area contributed by atoms with Gasteiger partial charge in [0.05, 0.1) is 5.69 Å². The largest absolute Gasteiger partial charge is 0.356 e. The van der Waals surface area contributed by atoms with Gasteiger partial charge in [0.1, 0.15) is 0 Å². The molecule has 0 atom stereocenters. The molecule has 0 aliphatic carbocycles. The Kier molecular flexibility index (Phi) is 2.58. The van der Waals surface area contributed by atoms with Crippen molar-refractivity contribution in [2.75, 3.05) is 0 Å². The van der Waals surface area contributed by atoms with Crippen LogP contribution < -0.4 is 0 Å². The molecular formula is C14H17NO. The van der Waals surface area contributed by atoms with Gasteiger partial charge in [-0.1, -0.05) is 17.3 Å². The Bertz CT molecular complexity index is 538. The van der Waals surface area contributed by atoms with E-state index in [1.807, 2.05) is 6.92 Å². The minimum Gasteiger partial charge on any atom is -0.356 e. The van der Waals surface area contributed by atoms with Crippen LogP contribution in [0.3, 0.4) is 0 Å². The molecule has 2 heteroatoms. The van der Waals surface area contributed by atoms with Crippen LogP contribution >= 0.6 is 0 Å². The van der Waals surface area contributed by atoms with Crippen LogP contribution in [0.1, 0.15) is 27.9 Å². The Balaban J connectivity index is 2.73. The first-order valence-corrected chi connectivity index (χ1v) is 5.52. The minimum absolute atomic E-state index is 0.913. The maximum atomic E-state index is 5.45. The summed E-state index contributed by atoms with van der Waals surface area (Å²) in [5.74, 6) is 0.913. The Morgan fingerprint density at radius 3 is 2.06 bits per heavy atom. The second kappa shape index (κ2) is 3.78. The predicted molar refractivity (Wildman–Crippen MR) is 65.6 cm³/mol. The first kappa shape index (κ1) is 10.9. The average Bonchev–Trinajstić information content (AvgIpc) is 2.56. The van der Waals surface area contributed by atoms with Crippen molar-refractivity contribution in [1.82, 2.24) is 5.16 Å². The van der Waals surface area contributed by atoms with Crippen LogP contribution in [0.25, 0.3) is 11.3 Å². The lowest BCUT2D eigenvalue weighted by molar-refractivity contribution is 0.426. The van der Waals surface area contributed by atoms with E-state index < -0.39 is 0 Å². The van der Waals surface area contributed by atoms with Crippen LogP contribution in [0.15, 0.2) is 16.7 Å². The van der Waals surface area contributed by atoms with Gasteiger partial charge in [-0.25, -0.2) is 0 Å². The third-order valence-electron chi connectivity index (χ3n) is 3.33. The van der Waals surface area contributed by atoms with Crippen molar-refractivity contribution in [3.8, 4) is 11.3 Å². The summed E-state index contributed by atoms with van der Waals surface area (Å²) in [6.45, 7) is 10.4. The monoisotopic (exact) mass is 215 g/mol. The van der Waals surface area contributed by atoms with E-state index >= 15 is 0 Å². The fraction of sp³-hybridized carbons (Fsp3) is 0.357. The third-order valence-corrected chi connectivity index (χ3v) is 3.33. The Morgan fingerprint density at radius 1 is 0.875 bits per heavy atom. The van der Waals surface area contributed by atoms with Gasteiger partial charge in [-0.05, 0) is 51.3 Å². The number of hydrogen-bond acceptors (Lipinski definition) is 2. The molecule has 0 radical (unpaired) electrons. The lowest BCUT2D eigenvalue weighted by Crippen LogP contribution is -1.91. The molecule has 2 rings (SSSR count). The van der Waals surface area contributed by atoms with Gasteiger partial charge >= 0.3 is 0 Å². The molecule has 0 saturated carbocycles. The lowest BCUT2D eigenvalue weighted by atomic mass is 9.95. The second-order valence-corrected chi connectivity index (χ2v) is 4.42. The van der Waals surface area contributed by atoms with Crippen molar-refractivity contribution in [3.05, 3.63) is 40.1 Å². The topological polar surface area (TPSA) is 26.0 Å². The highest BCUT2D eigenvalue weighted by atomic mass is 16.5. The first-order chi connectivity index (χ1) is 7.52. The summed E-state index contributed by atoms with van der Waals surface area (Å²) in [7, 11) is 0. The smallest absolute Gasteiger partial charge is 0.170 e. The van der Waals surface area contributed by atoms with Crippen LogP contribution in [0.2, 0.25) is 0 Å². The summed E-state index contributed by atoms with van der Waals surface area (Å²) in [4.78, 5) is 0. The lowest BCUT2D eigenvalue weighted by Gasteiger charge is -2.10. The van der Waals surface area contributed by atoms with Crippen molar-refractivity contribution in [2.24, 2.45) is 0 Å². The quantitative estimate of drug-likeness (QED) is 0.721. The molecule has 1 aromatic carbocycles. The van der Waals surface area contributed by atoms with Crippen molar-refractivity contribution < 1.29 is 4.52 Å². The summed E-state index contributed by atoms with van der Waals surface area (Å²) < 4.78 is 5.45. The van der Waals surface area contributed by atoms with Crippen molar-refractivity contribution in [2.45, 2.75) is 34.6 Å². The van der Waals surface area contributed by atoms with Crippen LogP contribution in [-0.2, 0) is 0 Å². The highest BCUT2D eigenvalue weighted by molar-refractivity contribution is 5.70. The zero-order valence-corrected chi connectivity index (χ0v) is 10.5. The Hall–Kier alpha value is -1.57. The zero-order chi connectivity index (χ0) is 11.9. The summed E-state index contributed by atoms with van der Waals surface area (Å²) in [6, 6.07) is 4.28. The van der Waals surface area contributed by atoms with Gasteiger partial charge in [0, 0.05) is 11.1 Å². The van der Waals surface area contributed by atoms with E-state index in [1.165, 1.54) is 22.3 Å².